The summed E-state index contributed by atoms with van der Waals surface area (Å²) in [5.41, 5.74) is 5.96. The van der Waals surface area contributed by atoms with Crippen molar-refractivity contribution in [3.63, 3.8) is 0 Å². The third-order valence-corrected chi connectivity index (χ3v) is 7.02. The van der Waals surface area contributed by atoms with Crippen LogP contribution in [0.1, 0.15) is 22.8 Å². The fraction of sp³-hybridized carbons (Fsp3) is 0.0571. The van der Waals surface area contributed by atoms with Crippen molar-refractivity contribution >= 4 is 39.6 Å². The molecule has 1 amide bonds. The molecule has 1 heterocycles. The summed E-state index contributed by atoms with van der Waals surface area (Å²) >= 11 is 3.41. The van der Waals surface area contributed by atoms with Gasteiger partial charge in [-0.1, -0.05) is 82.7 Å². The molecule has 0 radical (unpaired) electrons. The lowest BCUT2D eigenvalue weighted by Crippen LogP contribution is -2.13. The second-order valence-electron chi connectivity index (χ2n) is 9.30. The van der Waals surface area contributed by atoms with Gasteiger partial charge in [0.05, 0.1) is 23.6 Å². The number of anilines is 1. The minimum atomic E-state index is -0.512. The summed E-state index contributed by atoms with van der Waals surface area (Å²) in [5.74, 6) is -0.899. The molecule has 1 aromatic heterocycles. The summed E-state index contributed by atoms with van der Waals surface area (Å²) in [4.78, 5) is 25.6. The number of hydrogen-bond acceptors (Lipinski definition) is 4. The molecule has 0 spiro atoms. The molecule has 206 valence electrons. The predicted octanol–water partition coefficient (Wildman–Crippen LogP) is 8.30. The number of halogens is 1. The monoisotopic (exact) mass is 615 g/mol. The van der Waals surface area contributed by atoms with Gasteiger partial charge < -0.3 is 14.6 Å². The van der Waals surface area contributed by atoms with E-state index in [4.69, 9.17) is 4.74 Å². The minimum Gasteiger partial charge on any atom is -0.462 e. The molecule has 42 heavy (non-hydrogen) atoms. The number of nitrogens with one attached hydrogen (secondary N) is 1. The quantitative estimate of drug-likeness (QED) is 0.108. The number of hydrogen-bond donors (Lipinski definition) is 1. The SMILES string of the molecule is CCOC(=O)c1ccc(-n2c(-c3ccccc3)cc(/C=C(\C#N)C(=O)Nc3cccc(Br)c3)c2-c2ccccc2)cc1. The molecular weight excluding hydrogens is 590 g/mol. The van der Waals surface area contributed by atoms with E-state index in [1.165, 1.54) is 0 Å². The van der Waals surface area contributed by atoms with Gasteiger partial charge in [-0.2, -0.15) is 5.26 Å². The van der Waals surface area contributed by atoms with Crippen LogP contribution in [0.3, 0.4) is 0 Å². The van der Waals surface area contributed by atoms with Crippen molar-refractivity contribution in [2.24, 2.45) is 0 Å². The highest BCUT2D eigenvalue weighted by Gasteiger charge is 2.21. The third-order valence-electron chi connectivity index (χ3n) is 6.53. The second-order valence-corrected chi connectivity index (χ2v) is 10.2. The van der Waals surface area contributed by atoms with E-state index in [1.807, 2.05) is 91.0 Å². The Hall–Kier alpha value is -5.19. The Kier molecular flexibility index (Phi) is 8.76. The van der Waals surface area contributed by atoms with Gasteiger partial charge in [0.2, 0.25) is 0 Å². The van der Waals surface area contributed by atoms with E-state index in [0.717, 1.165) is 32.7 Å². The highest BCUT2D eigenvalue weighted by molar-refractivity contribution is 9.10. The number of ether oxygens (including phenoxy) is 1. The number of nitriles is 1. The fourth-order valence-electron chi connectivity index (χ4n) is 4.65. The number of carbonyl (C=O) groups excluding carboxylic acids is 2. The van der Waals surface area contributed by atoms with Gasteiger partial charge in [-0.15, -0.1) is 0 Å². The van der Waals surface area contributed by atoms with Crippen molar-refractivity contribution in [3.8, 4) is 34.3 Å². The molecule has 6 nitrogen and oxygen atoms in total. The first kappa shape index (κ1) is 28.3. The van der Waals surface area contributed by atoms with Crippen molar-refractivity contribution in [1.82, 2.24) is 4.57 Å². The van der Waals surface area contributed by atoms with Gasteiger partial charge in [-0.25, -0.2) is 4.79 Å². The zero-order valence-corrected chi connectivity index (χ0v) is 24.3. The molecule has 7 heteroatoms. The maximum absolute atomic E-state index is 13.2. The van der Waals surface area contributed by atoms with Gasteiger partial charge in [0.1, 0.15) is 11.6 Å². The van der Waals surface area contributed by atoms with E-state index < -0.39 is 5.91 Å². The molecule has 1 N–H and O–H groups in total. The van der Waals surface area contributed by atoms with Gasteiger partial charge in [0.25, 0.3) is 5.91 Å². The molecule has 0 saturated heterocycles. The zero-order chi connectivity index (χ0) is 29.5. The van der Waals surface area contributed by atoms with Crippen LogP contribution in [0.15, 0.2) is 125 Å². The van der Waals surface area contributed by atoms with E-state index >= 15 is 0 Å². The van der Waals surface area contributed by atoms with Crippen molar-refractivity contribution in [2.45, 2.75) is 6.92 Å². The van der Waals surface area contributed by atoms with Crippen LogP contribution in [0, 0.1) is 11.3 Å². The lowest BCUT2D eigenvalue weighted by Gasteiger charge is -2.15. The van der Waals surface area contributed by atoms with Crippen molar-refractivity contribution in [3.05, 3.63) is 136 Å². The lowest BCUT2D eigenvalue weighted by atomic mass is 10.0. The highest BCUT2D eigenvalue weighted by Crippen LogP contribution is 2.37. The Morgan fingerprint density at radius 3 is 2.17 bits per heavy atom. The summed E-state index contributed by atoms with van der Waals surface area (Å²) in [6.07, 6.45) is 1.62. The molecule has 0 aliphatic carbocycles. The Morgan fingerprint density at radius 1 is 0.881 bits per heavy atom. The topological polar surface area (TPSA) is 84.1 Å². The average molecular weight is 617 g/mol. The number of aromatic nitrogens is 1. The Balaban J connectivity index is 1.70. The first-order chi connectivity index (χ1) is 20.5. The summed E-state index contributed by atoms with van der Waals surface area (Å²) in [6.45, 7) is 2.06. The largest absolute Gasteiger partial charge is 0.462 e. The molecule has 0 bridgehead atoms. The molecule has 0 aliphatic heterocycles. The first-order valence-electron chi connectivity index (χ1n) is 13.3. The van der Waals surface area contributed by atoms with Crippen LogP contribution in [0.2, 0.25) is 0 Å². The van der Waals surface area contributed by atoms with Crippen LogP contribution >= 0.6 is 15.9 Å². The van der Waals surface area contributed by atoms with Crippen molar-refractivity contribution in [1.29, 1.82) is 5.26 Å². The average Bonchev–Trinajstić information content (AvgIpc) is 3.40. The standard InChI is InChI=1S/C35H26BrN3O3/c1-2-42-35(41)26-16-18-31(19-17-26)39-32(24-10-5-3-6-11-24)21-27(33(39)25-12-7-4-8-13-25)20-28(23-37)34(40)38-30-15-9-14-29(36)22-30/h3-22H,2H2,1H3,(H,38,40)/b28-20+. The Bertz CT molecular complexity index is 1800. The molecular formula is C35H26BrN3O3. The molecule has 0 unspecified atom stereocenters. The summed E-state index contributed by atoms with van der Waals surface area (Å²) in [5, 5.41) is 12.9. The minimum absolute atomic E-state index is 0.0402. The second kappa shape index (κ2) is 13.0. The lowest BCUT2D eigenvalue weighted by molar-refractivity contribution is -0.112. The predicted molar refractivity (Wildman–Crippen MR) is 169 cm³/mol. The van der Waals surface area contributed by atoms with Crippen LogP contribution in [-0.2, 0) is 9.53 Å². The summed E-state index contributed by atoms with van der Waals surface area (Å²) in [7, 11) is 0. The van der Waals surface area contributed by atoms with Gasteiger partial charge in [-0.3, -0.25) is 4.79 Å². The maximum atomic E-state index is 13.2. The van der Waals surface area contributed by atoms with Crippen LogP contribution in [0.25, 0.3) is 34.3 Å². The van der Waals surface area contributed by atoms with Gasteiger partial charge >= 0.3 is 5.97 Å². The van der Waals surface area contributed by atoms with Crippen LogP contribution in [0.5, 0.6) is 0 Å². The molecule has 0 aliphatic rings. The van der Waals surface area contributed by atoms with Gasteiger partial charge in [-0.05, 0) is 72.7 Å². The van der Waals surface area contributed by atoms with E-state index in [0.29, 0.717) is 23.4 Å². The van der Waals surface area contributed by atoms with Crippen LogP contribution in [-0.4, -0.2) is 23.1 Å². The summed E-state index contributed by atoms with van der Waals surface area (Å²) < 4.78 is 8.06. The maximum Gasteiger partial charge on any atom is 0.338 e. The smallest absolute Gasteiger partial charge is 0.338 e. The van der Waals surface area contributed by atoms with Crippen LogP contribution in [0.4, 0.5) is 5.69 Å². The molecule has 0 atom stereocenters. The van der Waals surface area contributed by atoms with Gasteiger partial charge in [0, 0.05) is 21.4 Å². The zero-order valence-electron chi connectivity index (χ0n) is 22.8. The van der Waals surface area contributed by atoms with E-state index in [9.17, 15) is 14.9 Å². The van der Waals surface area contributed by atoms with Crippen molar-refractivity contribution in [2.75, 3.05) is 11.9 Å². The molecule has 0 fully saturated rings. The van der Waals surface area contributed by atoms with Crippen LogP contribution < -0.4 is 5.32 Å². The first-order valence-corrected chi connectivity index (χ1v) is 14.1. The normalized spacial score (nSPS) is 11.0. The number of esters is 1. The van der Waals surface area contributed by atoms with Crippen molar-refractivity contribution < 1.29 is 14.3 Å². The molecule has 5 aromatic rings. The summed E-state index contributed by atoms with van der Waals surface area (Å²) in [6, 6.07) is 38.1. The third kappa shape index (κ3) is 6.25. The van der Waals surface area contributed by atoms with Gasteiger partial charge in [0.15, 0.2) is 0 Å². The molecule has 5 rings (SSSR count). The number of amides is 1. The van der Waals surface area contributed by atoms with E-state index in [1.54, 1.807) is 37.3 Å². The number of carbonyl (C=O) groups is 2. The Morgan fingerprint density at radius 2 is 1.55 bits per heavy atom. The fourth-order valence-corrected chi connectivity index (χ4v) is 5.05. The molecule has 4 aromatic carbocycles. The molecule has 0 saturated carbocycles. The number of rotatable bonds is 8. The van der Waals surface area contributed by atoms with E-state index in [2.05, 4.69) is 31.9 Å². The van der Waals surface area contributed by atoms with E-state index in [-0.39, 0.29) is 11.5 Å². The highest BCUT2D eigenvalue weighted by atomic mass is 79.9. The Labute approximate surface area is 252 Å². The number of nitrogens with zero attached hydrogens (tertiary/aromatic N) is 2. The number of benzene rings is 4.